The number of aryl methyl sites for hydroxylation is 1. The van der Waals surface area contributed by atoms with Crippen LogP contribution in [0, 0.1) is 5.92 Å². The van der Waals surface area contributed by atoms with E-state index < -0.39 is 5.60 Å². The van der Waals surface area contributed by atoms with Crippen LogP contribution < -0.4 is 10.9 Å². The van der Waals surface area contributed by atoms with Gasteiger partial charge in [0.25, 0.3) is 5.56 Å². The maximum Gasteiger partial charge on any atom is 0.262 e. The van der Waals surface area contributed by atoms with E-state index in [2.05, 4.69) is 10.3 Å². The van der Waals surface area contributed by atoms with Crippen LogP contribution in [0.4, 0.5) is 0 Å². The first kappa shape index (κ1) is 16.6. The van der Waals surface area contributed by atoms with E-state index in [1.807, 2.05) is 19.2 Å². The molecule has 7 heteroatoms. The number of fused-ring (bicyclic) bond motifs is 1. The lowest BCUT2D eigenvalue weighted by atomic mass is 9.92. The van der Waals surface area contributed by atoms with Gasteiger partial charge in [0.15, 0.2) is 0 Å². The molecule has 1 unspecified atom stereocenters. The van der Waals surface area contributed by atoms with Crippen molar-refractivity contribution in [2.45, 2.75) is 39.3 Å². The smallest absolute Gasteiger partial charge is 0.262 e. The number of carbonyl (C=O) groups excluding carboxylic acids is 1. The molecule has 0 aromatic carbocycles. The third kappa shape index (κ3) is 3.72. The SMILES string of the molecule is CC(C)C(C)(O)CNC(=O)CCn1cnc2sccc2c1=O. The van der Waals surface area contributed by atoms with Crippen molar-refractivity contribution >= 4 is 27.5 Å². The zero-order chi connectivity index (χ0) is 16.3. The number of hydrogen-bond donors (Lipinski definition) is 2. The zero-order valence-corrected chi connectivity index (χ0v) is 13.8. The van der Waals surface area contributed by atoms with Crippen molar-refractivity contribution < 1.29 is 9.90 Å². The summed E-state index contributed by atoms with van der Waals surface area (Å²) in [6.07, 6.45) is 1.64. The van der Waals surface area contributed by atoms with Gasteiger partial charge in [-0.05, 0) is 24.3 Å². The number of amides is 1. The predicted molar refractivity (Wildman–Crippen MR) is 87.0 cm³/mol. The minimum atomic E-state index is -0.941. The van der Waals surface area contributed by atoms with Crippen LogP contribution in [0.3, 0.4) is 0 Å². The largest absolute Gasteiger partial charge is 0.388 e. The molecule has 0 bridgehead atoms. The number of nitrogens with zero attached hydrogens (tertiary/aromatic N) is 2. The Morgan fingerprint density at radius 3 is 2.95 bits per heavy atom. The van der Waals surface area contributed by atoms with Gasteiger partial charge in [0, 0.05) is 19.5 Å². The van der Waals surface area contributed by atoms with E-state index in [0.29, 0.717) is 10.2 Å². The molecule has 0 saturated carbocycles. The second-order valence-corrected chi connectivity index (χ2v) is 6.82. The third-order valence-electron chi connectivity index (χ3n) is 3.92. The van der Waals surface area contributed by atoms with E-state index in [9.17, 15) is 14.7 Å². The van der Waals surface area contributed by atoms with Crippen LogP contribution >= 0.6 is 11.3 Å². The summed E-state index contributed by atoms with van der Waals surface area (Å²) >= 11 is 1.42. The van der Waals surface area contributed by atoms with Crippen molar-refractivity contribution in [3.63, 3.8) is 0 Å². The molecule has 22 heavy (non-hydrogen) atoms. The molecule has 0 aliphatic heterocycles. The molecule has 0 fully saturated rings. The van der Waals surface area contributed by atoms with Crippen molar-refractivity contribution in [1.29, 1.82) is 0 Å². The Bertz CT molecular complexity index is 718. The number of thiophene rings is 1. The highest BCUT2D eigenvalue weighted by Gasteiger charge is 2.25. The Labute approximate surface area is 132 Å². The van der Waals surface area contributed by atoms with Crippen LogP contribution in [0.2, 0.25) is 0 Å². The summed E-state index contributed by atoms with van der Waals surface area (Å²) in [6.45, 7) is 5.95. The van der Waals surface area contributed by atoms with Crippen molar-refractivity contribution in [2.75, 3.05) is 6.54 Å². The number of aromatic nitrogens is 2. The lowest BCUT2D eigenvalue weighted by Crippen LogP contribution is -2.44. The lowest BCUT2D eigenvalue weighted by Gasteiger charge is -2.27. The van der Waals surface area contributed by atoms with Gasteiger partial charge in [-0.1, -0.05) is 13.8 Å². The van der Waals surface area contributed by atoms with Crippen LogP contribution in [-0.2, 0) is 11.3 Å². The Morgan fingerprint density at radius 1 is 1.55 bits per heavy atom. The zero-order valence-electron chi connectivity index (χ0n) is 13.0. The van der Waals surface area contributed by atoms with Crippen LogP contribution in [0.1, 0.15) is 27.2 Å². The summed E-state index contributed by atoms with van der Waals surface area (Å²) < 4.78 is 1.44. The van der Waals surface area contributed by atoms with E-state index in [-0.39, 0.29) is 36.9 Å². The highest BCUT2D eigenvalue weighted by atomic mass is 32.1. The van der Waals surface area contributed by atoms with Crippen LogP contribution in [0.15, 0.2) is 22.6 Å². The topological polar surface area (TPSA) is 84.2 Å². The molecular weight excluding hydrogens is 302 g/mol. The maximum atomic E-state index is 12.2. The molecule has 120 valence electrons. The summed E-state index contributed by atoms with van der Waals surface area (Å²) in [5.74, 6) is -0.154. The monoisotopic (exact) mass is 323 g/mol. The molecular formula is C15H21N3O3S. The predicted octanol–water partition coefficient (Wildman–Crippen LogP) is 1.37. The van der Waals surface area contributed by atoms with Crippen molar-refractivity contribution in [1.82, 2.24) is 14.9 Å². The van der Waals surface area contributed by atoms with Crippen molar-refractivity contribution in [3.05, 3.63) is 28.1 Å². The number of aliphatic hydroxyl groups is 1. The Hall–Kier alpha value is -1.73. The van der Waals surface area contributed by atoms with Gasteiger partial charge >= 0.3 is 0 Å². The summed E-state index contributed by atoms with van der Waals surface area (Å²) in [6, 6.07) is 1.74. The molecule has 0 radical (unpaired) electrons. The molecule has 1 amide bonds. The first-order valence-electron chi connectivity index (χ1n) is 7.23. The highest BCUT2D eigenvalue weighted by Crippen LogP contribution is 2.15. The second kappa shape index (κ2) is 6.58. The Kier molecular flexibility index (Phi) is 4.97. The van der Waals surface area contributed by atoms with E-state index in [1.165, 1.54) is 22.2 Å². The molecule has 0 saturated heterocycles. The normalized spacial score (nSPS) is 14.2. The molecule has 2 heterocycles. The van der Waals surface area contributed by atoms with E-state index in [4.69, 9.17) is 0 Å². The van der Waals surface area contributed by atoms with Gasteiger partial charge in [-0.15, -0.1) is 11.3 Å². The molecule has 1 atom stereocenters. The Morgan fingerprint density at radius 2 is 2.27 bits per heavy atom. The first-order valence-corrected chi connectivity index (χ1v) is 8.11. The fourth-order valence-electron chi connectivity index (χ4n) is 1.84. The fourth-order valence-corrected chi connectivity index (χ4v) is 2.57. The van der Waals surface area contributed by atoms with Crippen molar-refractivity contribution in [2.24, 2.45) is 5.92 Å². The van der Waals surface area contributed by atoms with Crippen LogP contribution in [0.5, 0.6) is 0 Å². The average molecular weight is 323 g/mol. The van der Waals surface area contributed by atoms with Gasteiger partial charge in [0.1, 0.15) is 4.83 Å². The maximum absolute atomic E-state index is 12.2. The van der Waals surface area contributed by atoms with Crippen LogP contribution in [-0.4, -0.2) is 32.7 Å². The molecule has 2 aromatic rings. The average Bonchev–Trinajstić information content (AvgIpc) is 2.93. The van der Waals surface area contributed by atoms with Gasteiger partial charge in [-0.2, -0.15) is 0 Å². The molecule has 0 aliphatic rings. The molecule has 2 aromatic heterocycles. The van der Waals surface area contributed by atoms with Gasteiger partial charge in [0.2, 0.25) is 5.91 Å². The fraction of sp³-hybridized carbons (Fsp3) is 0.533. The third-order valence-corrected chi connectivity index (χ3v) is 4.74. The molecule has 2 N–H and O–H groups in total. The van der Waals surface area contributed by atoms with Gasteiger partial charge in [-0.3, -0.25) is 14.2 Å². The minimum Gasteiger partial charge on any atom is -0.388 e. The lowest BCUT2D eigenvalue weighted by molar-refractivity contribution is -0.122. The van der Waals surface area contributed by atoms with Crippen molar-refractivity contribution in [3.8, 4) is 0 Å². The summed E-state index contributed by atoms with van der Waals surface area (Å²) in [5, 5.41) is 15.2. The van der Waals surface area contributed by atoms with E-state index in [0.717, 1.165) is 0 Å². The summed E-state index contributed by atoms with van der Waals surface area (Å²) in [5.41, 5.74) is -1.07. The highest BCUT2D eigenvalue weighted by molar-refractivity contribution is 7.16. The summed E-state index contributed by atoms with van der Waals surface area (Å²) in [4.78, 5) is 28.9. The molecule has 0 spiro atoms. The second-order valence-electron chi connectivity index (χ2n) is 5.92. The molecule has 0 aliphatic carbocycles. The standard InChI is InChI=1S/C15H21N3O3S/c1-10(2)15(3,21)8-16-12(19)4-6-18-9-17-13-11(14(18)20)5-7-22-13/h5,7,9-10,21H,4,6,8H2,1-3H3,(H,16,19). The number of rotatable bonds is 6. The summed E-state index contributed by atoms with van der Waals surface area (Å²) in [7, 11) is 0. The van der Waals surface area contributed by atoms with E-state index in [1.54, 1.807) is 13.0 Å². The van der Waals surface area contributed by atoms with Gasteiger partial charge < -0.3 is 10.4 Å². The van der Waals surface area contributed by atoms with Gasteiger partial charge in [0.05, 0.1) is 17.3 Å². The quantitative estimate of drug-likeness (QED) is 0.841. The minimum absolute atomic E-state index is 0.0422. The molecule has 6 nitrogen and oxygen atoms in total. The van der Waals surface area contributed by atoms with E-state index >= 15 is 0 Å². The Balaban J connectivity index is 1.93. The van der Waals surface area contributed by atoms with Gasteiger partial charge in [-0.25, -0.2) is 4.98 Å². The molecule has 2 rings (SSSR count). The first-order chi connectivity index (χ1) is 10.3. The number of nitrogens with one attached hydrogen (secondary N) is 1. The number of hydrogen-bond acceptors (Lipinski definition) is 5. The van der Waals surface area contributed by atoms with Crippen LogP contribution in [0.25, 0.3) is 10.2 Å². The number of carbonyl (C=O) groups is 1.